The fourth-order valence-electron chi connectivity index (χ4n) is 1.84. The molecule has 2 rings (SSSR count). The molecule has 5 heteroatoms. The lowest BCUT2D eigenvalue weighted by Crippen LogP contribution is -2.50. The van der Waals surface area contributed by atoms with Crippen LogP contribution in [-0.4, -0.2) is 18.0 Å². The van der Waals surface area contributed by atoms with Crippen molar-refractivity contribution in [3.05, 3.63) is 36.1 Å². The van der Waals surface area contributed by atoms with E-state index in [1.807, 2.05) is 51.1 Å². The Labute approximate surface area is 125 Å². The highest BCUT2D eigenvalue weighted by molar-refractivity contribution is 5.86. The van der Waals surface area contributed by atoms with E-state index in [2.05, 4.69) is 5.32 Å². The summed E-state index contributed by atoms with van der Waals surface area (Å²) in [5.41, 5.74) is 6.01. The van der Waals surface area contributed by atoms with Crippen molar-refractivity contribution in [2.24, 2.45) is 5.73 Å². The Morgan fingerprint density at radius 3 is 2.65 bits per heavy atom. The third kappa shape index (κ3) is 3.52. The van der Waals surface area contributed by atoms with Gasteiger partial charge in [-0.2, -0.15) is 0 Å². The van der Waals surface area contributed by atoms with Gasteiger partial charge in [-0.05, 0) is 32.9 Å². The molecule has 2 aromatic rings. The number of amides is 1. The van der Waals surface area contributed by atoms with Crippen LogP contribution in [0.3, 0.4) is 0 Å². The maximum atomic E-state index is 12.2. The normalized spacial score (nSPS) is 12.8. The van der Waals surface area contributed by atoms with Crippen LogP contribution in [0.1, 0.15) is 32.4 Å². The summed E-state index contributed by atoms with van der Waals surface area (Å²) in [6.45, 7) is 6.03. The van der Waals surface area contributed by atoms with Crippen LogP contribution in [0.15, 0.2) is 34.7 Å². The third-order valence-corrected chi connectivity index (χ3v) is 3.24. The Morgan fingerprint density at radius 2 is 2.05 bits per heavy atom. The second-order valence-corrected chi connectivity index (χ2v) is 5.49. The lowest BCUT2D eigenvalue weighted by atomic mass is 10.0. The highest BCUT2D eigenvalue weighted by Crippen LogP contribution is 2.25. The van der Waals surface area contributed by atoms with Gasteiger partial charge in [0.1, 0.15) is 11.3 Å². The van der Waals surface area contributed by atoms with Gasteiger partial charge >= 0.3 is 0 Å². The molecule has 1 aromatic carbocycles. The number of carbonyl (C=O) groups is 1. The number of halogens is 1. The lowest BCUT2D eigenvalue weighted by molar-refractivity contribution is -0.124. The zero-order valence-corrected chi connectivity index (χ0v) is 12.8. The van der Waals surface area contributed by atoms with Crippen LogP contribution in [-0.2, 0) is 4.79 Å². The first-order chi connectivity index (χ1) is 8.93. The minimum Gasteiger partial charge on any atom is -0.460 e. The number of nitrogens with two attached hydrogens (primary N) is 1. The molecule has 1 amide bonds. The van der Waals surface area contributed by atoms with Crippen molar-refractivity contribution < 1.29 is 9.21 Å². The smallest absolute Gasteiger partial charge is 0.230 e. The van der Waals surface area contributed by atoms with Gasteiger partial charge in [-0.1, -0.05) is 18.2 Å². The molecule has 0 spiro atoms. The number of fused-ring (bicyclic) bond motifs is 1. The molecule has 0 aliphatic carbocycles. The standard InChI is InChI=1S/C15H20N2O2.ClH/c1-10(14(18)17-15(2,3)9-16)13-8-11-6-4-5-7-12(11)19-13;/h4-8,10H,9,16H2,1-3H3,(H,17,18);1H. The highest BCUT2D eigenvalue weighted by atomic mass is 35.5. The summed E-state index contributed by atoms with van der Waals surface area (Å²) in [4.78, 5) is 12.2. The van der Waals surface area contributed by atoms with Gasteiger partial charge in [-0.25, -0.2) is 0 Å². The van der Waals surface area contributed by atoms with Crippen molar-refractivity contribution in [1.82, 2.24) is 5.32 Å². The molecule has 110 valence electrons. The van der Waals surface area contributed by atoms with E-state index in [0.717, 1.165) is 11.0 Å². The van der Waals surface area contributed by atoms with Crippen molar-refractivity contribution in [2.75, 3.05) is 6.54 Å². The second kappa shape index (κ2) is 6.29. The zero-order valence-electron chi connectivity index (χ0n) is 12.0. The van der Waals surface area contributed by atoms with E-state index in [9.17, 15) is 4.79 Å². The Hall–Kier alpha value is -1.52. The molecule has 0 aliphatic rings. The molecule has 1 atom stereocenters. The zero-order chi connectivity index (χ0) is 14.0. The van der Waals surface area contributed by atoms with Gasteiger partial charge in [0.25, 0.3) is 0 Å². The summed E-state index contributed by atoms with van der Waals surface area (Å²) in [5.74, 6) is 0.263. The van der Waals surface area contributed by atoms with E-state index in [1.54, 1.807) is 0 Å². The number of furan rings is 1. The number of nitrogens with one attached hydrogen (secondary N) is 1. The molecular weight excluding hydrogens is 276 g/mol. The first kappa shape index (κ1) is 16.5. The summed E-state index contributed by atoms with van der Waals surface area (Å²) >= 11 is 0. The fourth-order valence-corrected chi connectivity index (χ4v) is 1.84. The maximum absolute atomic E-state index is 12.2. The Morgan fingerprint density at radius 1 is 1.40 bits per heavy atom. The minimum atomic E-state index is -0.405. The molecule has 1 aromatic heterocycles. The number of carbonyl (C=O) groups excluding carboxylic acids is 1. The van der Waals surface area contributed by atoms with Crippen LogP contribution in [0, 0.1) is 0 Å². The van der Waals surface area contributed by atoms with Crippen molar-refractivity contribution >= 4 is 29.3 Å². The van der Waals surface area contributed by atoms with E-state index in [-0.39, 0.29) is 24.2 Å². The van der Waals surface area contributed by atoms with Gasteiger partial charge in [0.05, 0.1) is 5.92 Å². The van der Waals surface area contributed by atoms with Crippen molar-refractivity contribution in [1.29, 1.82) is 0 Å². The average Bonchev–Trinajstić information content (AvgIpc) is 2.81. The molecule has 20 heavy (non-hydrogen) atoms. The van der Waals surface area contributed by atoms with Gasteiger partial charge in [0.15, 0.2) is 0 Å². The number of hydrogen-bond donors (Lipinski definition) is 2. The number of benzene rings is 1. The van der Waals surface area contributed by atoms with Crippen LogP contribution in [0.5, 0.6) is 0 Å². The molecule has 0 radical (unpaired) electrons. The summed E-state index contributed by atoms with van der Waals surface area (Å²) in [5, 5.41) is 3.93. The molecule has 0 bridgehead atoms. The molecule has 0 fully saturated rings. The molecule has 1 heterocycles. The van der Waals surface area contributed by atoms with Gasteiger partial charge in [0.2, 0.25) is 5.91 Å². The number of hydrogen-bond acceptors (Lipinski definition) is 3. The fraction of sp³-hybridized carbons (Fsp3) is 0.400. The topological polar surface area (TPSA) is 68.3 Å². The van der Waals surface area contributed by atoms with E-state index in [4.69, 9.17) is 10.2 Å². The number of para-hydroxylation sites is 1. The van der Waals surface area contributed by atoms with Gasteiger partial charge in [-0.15, -0.1) is 12.4 Å². The monoisotopic (exact) mass is 296 g/mol. The first-order valence-electron chi connectivity index (χ1n) is 6.43. The largest absolute Gasteiger partial charge is 0.460 e. The van der Waals surface area contributed by atoms with Crippen LogP contribution in [0.25, 0.3) is 11.0 Å². The molecule has 0 aliphatic heterocycles. The SMILES string of the molecule is CC(C(=O)NC(C)(C)CN)c1cc2ccccc2o1.Cl. The Balaban J connectivity index is 0.00000200. The Bertz CT molecular complexity index is 559. The van der Waals surface area contributed by atoms with Crippen LogP contribution in [0.2, 0.25) is 0 Å². The summed E-state index contributed by atoms with van der Waals surface area (Å²) in [6, 6.07) is 9.64. The van der Waals surface area contributed by atoms with Gasteiger partial charge in [-0.3, -0.25) is 4.79 Å². The van der Waals surface area contributed by atoms with Crippen molar-refractivity contribution in [2.45, 2.75) is 32.2 Å². The lowest BCUT2D eigenvalue weighted by Gasteiger charge is -2.25. The van der Waals surface area contributed by atoms with Crippen molar-refractivity contribution in [3.8, 4) is 0 Å². The van der Waals surface area contributed by atoms with E-state index in [0.29, 0.717) is 12.3 Å². The predicted octanol–water partition coefficient (Wildman–Crippen LogP) is 2.81. The summed E-state index contributed by atoms with van der Waals surface area (Å²) < 4.78 is 5.71. The highest BCUT2D eigenvalue weighted by Gasteiger charge is 2.25. The van der Waals surface area contributed by atoms with E-state index < -0.39 is 5.54 Å². The molecule has 1 unspecified atom stereocenters. The molecule has 4 nitrogen and oxygen atoms in total. The van der Waals surface area contributed by atoms with E-state index in [1.165, 1.54) is 0 Å². The molecular formula is C15H21ClN2O2. The van der Waals surface area contributed by atoms with Crippen LogP contribution < -0.4 is 11.1 Å². The average molecular weight is 297 g/mol. The molecule has 0 saturated carbocycles. The van der Waals surface area contributed by atoms with E-state index >= 15 is 0 Å². The third-order valence-electron chi connectivity index (χ3n) is 3.24. The minimum absolute atomic E-state index is 0. The van der Waals surface area contributed by atoms with Crippen LogP contribution in [0.4, 0.5) is 0 Å². The summed E-state index contributed by atoms with van der Waals surface area (Å²) in [6.07, 6.45) is 0. The summed E-state index contributed by atoms with van der Waals surface area (Å²) in [7, 11) is 0. The van der Waals surface area contributed by atoms with Gasteiger partial charge < -0.3 is 15.5 Å². The molecule has 3 N–H and O–H groups in total. The quantitative estimate of drug-likeness (QED) is 0.911. The molecule has 0 saturated heterocycles. The predicted molar refractivity (Wildman–Crippen MR) is 83.2 cm³/mol. The number of rotatable bonds is 4. The second-order valence-electron chi connectivity index (χ2n) is 5.49. The Kier molecular flexibility index (Phi) is 5.20. The van der Waals surface area contributed by atoms with Gasteiger partial charge in [0, 0.05) is 17.5 Å². The maximum Gasteiger partial charge on any atom is 0.230 e. The van der Waals surface area contributed by atoms with Crippen molar-refractivity contribution in [3.63, 3.8) is 0 Å². The first-order valence-corrected chi connectivity index (χ1v) is 6.43. The van der Waals surface area contributed by atoms with Crippen LogP contribution >= 0.6 is 12.4 Å².